The molecule has 1 saturated heterocycles. The summed E-state index contributed by atoms with van der Waals surface area (Å²) in [7, 11) is 0. The largest absolute Gasteiger partial charge is 0.370 e. The molecule has 0 radical (unpaired) electrons. The third-order valence-electron chi connectivity index (χ3n) is 3.92. The van der Waals surface area contributed by atoms with E-state index in [9.17, 15) is 0 Å². The van der Waals surface area contributed by atoms with Gasteiger partial charge in [-0.15, -0.1) is 0 Å². The van der Waals surface area contributed by atoms with Gasteiger partial charge in [-0.25, -0.2) is 0 Å². The van der Waals surface area contributed by atoms with Crippen molar-refractivity contribution in [2.24, 2.45) is 0 Å². The van der Waals surface area contributed by atoms with Gasteiger partial charge in [0, 0.05) is 24.7 Å². The second-order valence-electron chi connectivity index (χ2n) is 5.45. The predicted octanol–water partition coefficient (Wildman–Crippen LogP) is 1.43. The first-order valence-electron chi connectivity index (χ1n) is 7.72. The fraction of sp³-hybridized carbons (Fsp3) is 0.714. The lowest BCUT2D eigenvalue weighted by molar-refractivity contribution is 0.478. The standard InChI is InChI=1S/C14H24N6/c1-2-16-14-19-12-11(4-3-7-17-12)13(20-14)18-10-5-8-15-9-6-10/h10,15H,2-9H2,1H3,(H3,16,17,18,19,20). The van der Waals surface area contributed by atoms with Gasteiger partial charge < -0.3 is 21.3 Å². The lowest BCUT2D eigenvalue weighted by Gasteiger charge is -2.27. The first kappa shape index (κ1) is 13.4. The zero-order valence-electron chi connectivity index (χ0n) is 12.1. The van der Waals surface area contributed by atoms with Crippen molar-refractivity contribution in [3.05, 3.63) is 5.56 Å². The Bertz CT molecular complexity index is 455. The number of rotatable bonds is 4. The summed E-state index contributed by atoms with van der Waals surface area (Å²) < 4.78 is 0. The molecule has 0 amide bonds. The van der Waals surface area contributed by atoms with Crippen LogP contribution in [0.25, 0.3) is 0 Å². The molecule has 1 aromatic heterocycles. The Hall–Kier alpha value is -1.56. The molecular formula is C14H24N6. The quantitative estimate of drug-likeness (QED) is 0.667. The van der Waals surface area contributed by atoms with Gasteiger partial charge in [0.2, 0.25) is 5.95 Å². The van der Waals surface area contributed by atoms with Crippen molar-refractivity contribution >= 4 is 17.6 Å². The molecule has 0 bridgehead atoms. The Morgan fingerprint density at radius 3 is 2.85 bits per heavy atom. The van der Waals surface area contributed by atoms with Crippen LogP contribution < -0.4 is 21.3 Å². The van der Waals surface area contributed by atoms with Crippen molar-refractivity contribution in [3.63, 3.8) is 0 Å². The molecule has 0 aromatic carbocycles. The van der Waals surface area contributed by atoms with Crippen LogP contribution in [0.1, 0.15) is 31.7 Å². The van der Waals surface area contributed by atoms with Crippen LogP contribution in [0, 0.1) is 0 Å². The van der Waals surface area contributed by atoms with Gasteiger partial charge in [0.1, 0.15) is 11.6 Å². The highest BCUT2D eigenvalue weighted by Crippen LogP contribution is 2.28. The summed E-state index contributed by atoms with van der Waals surface area (Å²) in [5.74, 6) is 2.74. The van der Waals surface area contributed by atoms with Gasteiger partial charge in [-0.05, 0) is 45.7 Å². The molecule has 1 aromatic rings. The maximum atomic E-state index is 4.68. The zero-order valence-corrected chi connectivity index (χ0v) is 12.1. The molecule has 2 aliphatic heterocycles. The number of nitrogens with zero attached hydrogens (tertiary/aromatic N) is 2. The van der Waals surface area contributed by atoms with Crippen LogP contribution in [0.5, 0.6) is 0 Å². The summed E-state index contributed by atoms with van der Waals surface area (Å²) in [6.07, 6.45) is 4.52. The van der Waals surface area contributed by atoms with E-state index in [-0.39, 0.29) is 0 Å². The minimum atomic E-state index is 0.520. The van der Waals surface area contributed by atoms with Gasteiger partial charge in [-0.2, -0.15) is 9.97 Å². The van der Waals surface area contributed by atoms with Crippen LogP contribution in [0.3, 0.4) is 0 Å². The summed E-state index contributed by atoms with van der Waals surface area (Å²) in [5.41, 5.74) is 1.25. The molecule has 4 N–H and O–H groups in total. The van der Waals surface area contributed by atoms with E-state index in [4.69, 9.17) is 0 Å². The number of fused-ring (bicyclic) bond motifs is 1. The van der Waals surface area contributed by atoms with Crippen molar-refractivity contribution in [1.82, 2.24) is 15.3 Å². The average molecular weight is 276 g/mol. The molecule has 6 heteroatoms. The smallest absolute Gasteiger partial charge is 0.226 e. The van der Waals surface area contributed by atoms with Gasteiger partial charge in [-0.3, -0.25) is 0 Å². The molecular weight excluding hydrogens is 252 g/mol. The van der Waals surface area contributed by atoms with Crippen molar-refractivity contribution in [2.75, 3.05) is 42.1 Å². The number of hydrogen-bond donors (Lipinski definition) is 4. The first-order chi connectivity index (χ1) is 9.86. The Balaban J connectivity index is 1.84. The third kappa shape index (κ3) is 2.95. The van der Waals surface area contributed by atoms with Crippen LogP contribution in [0.15, 0.2) is 0 Å². The third-order valence-corrected chi connectivity index (χ3v) is 3.92. The number of anilines is 3. The zero-order chi connectivity index (χ0) is 13.8. The molecule has 6 nitrogen and oxygen atoms in total. The number of piperidine rings is 1. The average Bonchev–Trinajstić information content (AvgIpc) is 2.49. The van der Waals surface area contributed by atoms with Gasteiger partial charge in [0.15, 0.2) is 0 Å². The Labute approximate surface area is 120 Å². The van der Waals surface area contributed by atoms with E-state index >= 15 is 0 Å². The number of hydrogen-bond acceptors (Lipinski definition) is 6. The highest BCUT2D eigenvalue weighted by molar-refractivity contribution is 5.62. The Kier molecular flexibility index (Phi) is 4.20. The lowest BCUT2D eigenvalue weighted by Crippen LogP contribution is -2.36. The number of nitrogens with one attached hydrogen (secondary N) is 4. The van der Waals surface area contributed by atoms with E-state index in [0.717, 1.165) is 69.4 Å². The number of aromatic nitrogens is 2. The van der Waals surface area contributed by atoms with Crippen molar-refractivity contribution in [3.8, 4) is 0 Å². The van der Waals surface area contributed by atoms with Gasteiger partial charge in [-0.1, -0.05) is 0 Å². The fourth-order valence-corrected chi connectivity index (χ4v) is 2.86. The molecule has 0 unspecified atom stereocenters. The highest BCUT2D eigenvalue weighted by atomic mass is 15.2. The molecule has 0 aliphatic carbocycles. The van der Waals surface area contributed by atoms with Gasteiger partial charge >= 0.3 is 0 Å². The minimum Gasteiger partial charge on any atom is -0.370 e. The minimum absolute atomic E-state index is 0.520. The van der Waals surface area contributed by atoms with Crippen molar-refractivity contribution in [2.45, 2.75) is 38.6 Å². The maximum absolute atomic E-state index is 4.68. The first-order valence-corrected chi connectivity index (χ1v) is 7.72. The topological polar surface area (TPSA) is 73.9 Å². The van der Waals surface area contributed by atoms with Crippen LogP contribution in [-0.4, -0.2) is 42.2 Å². The van der Waals surface area contributed by atoms with Crippen LogP contribution in [0.4, 0.5) is 17.6 Å². The van der Waals surface area contributed by atoms with E-state index < -0.39 is 0 Å². The van der Waals surface area contributed by atoms with E-state index in [1.807, 2.05) is 0 Å². The molecule has 3 heterocycles. The summed E-state index contributed by atoms with van der Waals surface area (Å²) >= 11 is 0. The summed E-state index contributed by atoms with van der Waals surface area (Å²) in [6.45, 7) is 6.08. The van der Waals surface area contributed by atoms with Crippen LogP contribution in [0.2, 0.25) is 0 Å². The van der Waals surface area contributed by atoms with Crippen molar-refractivity contribution < 1.29 is 0 Å². The molecule has 0 spiro atoms. The van der Waals surface area contributed by atoms with Crippen LogP contribution in [-0.2, 0) is 6.42 Å². The van der Waals surface area contributed by atoms with Crippen molar-refractivity contribution in [1.29, 1.82) is 0 Å². The lowest BCUT2D eigenvalue weighted by atomic mass is 10.0. The van der Waals surface area contributed by atoms with Gasteiger partial charge in [0.05, 0.1) is 0 Å². The van der Waals surface area contributed by atoms with Crippen LogP contribution >= 0.6 is 0 Å². The second-order valence-corrected chi connectivity index (χ2v) is 5.45. The monoisotopic (exact) mass is 276 g/mol. The summed E-state index contributed by atoms with van der Waals surface area (Å²) in [4.78, 5) is 9.25. The molecule has 20 heavy (non-hydrogen) atoms. The molecule has 2 aliphatic rings. The Morgan fingerprint density at radius 2 is 2.05 bits per heavy atom. The molecule has 110 valence electrons. The second kappa shape index (κ2) is 6.26. The SMILES string of the molecule is CCNc1nc2c(c(NC3CCNCC3)n1)CCCN2. The summed E-state index contributed by atoms with van der Waals surface area (Å²) in [6, 6.07) is 0.520. The Morgan fingerprint density at radius 1 is 1.20 bits per heavy atom. The van der Waals surface area contributed by atoms with E-state index in [1.165, 1.54) is 5.56 Å². The summed E-state index contributed by atoms with van der Waals surface area (Å²) in [5, 5.41) is 13.7. The fourth-order valence-electron chi connectivity index (χ4n) is 2.86. The molecule has 1 fully saturated rings. The predicted molar refractivity (Wildman–Crippen MR) is 82.5 cm³/mol. The van der Waals surface area contributed by atoms with E-state index in [2.05, 4.69) is 38.2 Å². The van der Waals surface area contributed by atoms with E-state index in [0.29, 0.717) is 6.04 Å². The molecule has 3 rings (SSSR count). The van der Waals surface area contributed by atoms with Gasteiger partial charge in [0.25, 0.3) is 0 Å². The normalized spacial score (nSPS) is 19.1. The molecule has 0 saturated carbocycles. The maximum Gasteiger partial charge on any atom is 0.226 e. The van der Waals surface area contributed by atoms with E-state index in [1.54, 1.807) is 0 Å². The molecule has 0 atom stereocenters. The highest BCUT2D eigenvalue weighted by Gasteiger charge is 2.20.